The third kappa shape index (κ3) is 2.90. The Kier molecular flexibility index (Phi) is 3.92. The Bertz CT molecular complexity index is 241. The van der Waals surface area contributed by atoms with Gasteiger partial charge >= 0.3 is 0 Å². The van der Waals surface area contributed by atoms with Gasteiger partial charge in [0.1, 0.15) is 0 Å². The van der Waals surface area contributed by atoms with E-state index < -0.39 is 0 Å². The summed E-state index contributed by atoms with van der Waals surface area (Å²) in [4.78, 5) is 0. The minimum Gasteiger partial charge on any atom is -0.103 e. The van der Waals surface area contributed by atoms with Crippen LogP contribution in [-0.2, 0) is 0 Å². The zero-order chi connectivity index (χ0) is 12.6. The smallest absolute Gasteiger partial charge is 0.0144 e. The van der Waals surface area contributed by atoms with Crippen molar-refractivity contribution in [2.45, 2.75) is 60.8 Å². The predicted octanol–water partition coefficient (Wildman–Crippen LogP) is 5.30. The first kappa shape index (κ1) is 13.8. The lowest BCUT2D eigenvalue weighted by Gasteiger charge is -2.52. The molecule has 1 aliphatic carbocycles. The summed E-state index contributed by atoms with van der Waals surface area (Å²) in [5, 5.41) is 0. The average Bonchev–Trinajstić information content (AvgIpc) is 2.11. The van der Waals surface area contributed by atoms with Crippen LogP contribution in [-0.4, -0.2) is 0 Å². The van der Waals surface area contributed by atoms with E-state index in [1.54, 1.807) is 0 Å². The molecular formula is C16H30. The van der Waals surface area contributed by atoms with Gasteiger partial charge < -0.3 is 0 Å². The SMILES string of the molecule is C=CC1(C)CC(C(C)(C)CC(C)C(C)C)C1. The van der Waals surface area contributed by atoms with Crippen molar-refractivity contribution in [3.8, 4) is 0 Å². The van der Waals surface area contributed by atoms with Crippen LogP contribution in [0.1, 0.15) is 60.8 Å². The number of allylic oxidation sites excluding steroid dienone is 1. The summed E-state index contributed by atoms with van der Waals surface area (Å²) >= 11 is 0. The molecule has 0 N–H and O–H groups in total. The Morgan fingerprint density at radius 2 is 1.81 bits per heavy atom. The summed E-state index contributed by atoms with van der Waals surface area (Å²) in [7, 11) is 0. The number of hydrogen-bond donors (Lipinski definition) is 0. The Balaban J connectivity index is 2.51. The molecule has 0 heteroatoms. The highest BCUT2D eigenvalue weighted by molar-refractivity contribution is 5.05. The highest BCUT2D eigenvalue weighted by Crippen LogP contribution is 2.55. The zero-order valence-corrected chi connectivity index (χ0v) is 12.1. The van der Waals surface area contributed by atoms with Gasteiger partial charge in [0.2, 0.25) is 0 Å². The fraction of sp³-hybridized carbons (Fsp3) is 0.875. The second kappa shape index (κ2) is 4.55. The van der Waals surface area contributed by atoms with Gasteiger partial charge in [-0.25, -0.2) is 0 Å². The Hall–Kier alpha value is -0.260. The molecule has 1 rings (SSSR count). The lowest BCUT2D eigenvalue weighted by atomic mass is 9.53. The van der Waals surface area contributed by atoms with E-state index in [9.17, 15) is 0 Å². The molecule has 1 fully saturated rings. The van der Waals surface area contributed by atoms with Crippen molar-refractivity contribution in [3.63, 3.8) is 0 Å². The number of hydrogen-bond acceptors (Lipinski definition) is 0. The van der Waals surface area contributed by atoms with Crippen LogP contribution in [0.15, 0.2) is 12.7 Å². The van der Waals surface area contributed by atoms with Crippen LogP contribution >= 0.6 is 0 Å². The van der Waals surface area contributed by atoms with Gasteiger partial charge in [-0.05, 0) is 47.8 Å². The van der Waals surface area contributed by atoms with Crippen LogP contribution in [0.25, 0.3) is 0 Å². The van der Waals surface area contributed by atoms with Crippen LogP contribution < -0.4 is 0 Å². The van der Waals surface area contributed by atoms with E-state index in [0.717, 1.165) is 17.8 Å². The van der Waals surface area contributed by atoms with E-state index in [2.05, 4.69) is 54.2 Å². The molecular weight excluding hydrogens is 192 g/mol. The normalized spacial score (nSPS) is 32.3. The van der Waals surface area contributed by atoms with E-state index in [1.165, 1.54) is 19.3 Å². The summed E-state index contributed by atoms with van der Waals surface area (Å²) < 4.78 is 0. The molecule has 1 aliphatic rings. The topological polar surface area (TPSA) is 0 Å². The van der Waals surface area contributed by atoms with Crippen molar-refractivity contribution in [3.05, 3.63) is 12.7 Å². The summed E-state index contributed by atoms with van der Waals surface area (Å²) in [6.07, 6.45) is 6.21. The summed E-state index contributed by atoms with van der Waals surface area (Å²) in [5.41, 5.74) is 0.940. The van der Waals surface area contributed by atoms with E-state index >= 15 is 0 Å². The lowest BCUT2D eigenvalue weighted by Crippen LogP contribution is -2.42. The molecule has 0 bridgehead atoms. The fourth-order valence-corrected chi connectivity index (χ4v) is 3.02. The lowest BCUT2D eigenvalue weighted by molar-refractivity contribution is 0.00698. The molecule has 0 radical (unpaired) electrons. The Morgan fingerprint density at radius 3 is 2.19 bits per heavy atom. The largest absolute Gasteiger partial charge is 0.103 e. The summed E-state index contributed by atoms with van der Waals surface area (Å²) in [5.74, 6) is 2.55. The molecule has 0 heterocycles. The summed E-state index contributed by atoms with van der Waals surface area (Å²) in [6, 6.07) is 0. The van der Waals surface area contributed by atoms with E-state index in [1.807, 2.05) is 0 Å². The molecule has 0 aromatic heterocycles. The van der Waals surface area contributed by atoms with Crippen molar-refractivity contribution >= 4 is 0 Å². The quantitative estimate of drug-likeness (QED) is 0.554. The molecule has 0 aliphatic heterocycles. The van der Waals surface area contributed by atoms with Gasteiger partial charge in [0, 0.05) is 0 Å². The zero-order valence-electron chi connectivity index (χ0n) is 12.1. The first-order valence-electron chi connectivity index (χ1n) is 6.84. The van der Waals surface area contributed by atoms with Gasteiger partial charge in [-0.15, -0.1) is 6.58 Å². The van der Waals surface area contributed by atoms with Crippen molar-refractivity contribution in [2.24, 2.45) is 28.6 Å². The average molecular weight is 222 g/mol. The van der Waals surface area contributed by atoms with Crippen LogP contribution in [0.3, 0.4) is 0 Å². The van der Waals surface area contributed by atoms with Crippen molar-refractivity contribution < 1.29 is 0 Å². The van der Waals surface area contributed by atoms with E-state index in [4.69, 9.17) is 0 Å². The van der Waals surface area contributed by atoms with Crippen LogP contribution in [0, 0.1) is 28.6 Å². The molecule has 0 saturated heterocycles. The van der Waals surface area contributed by atoms with E-state index in [-0.39, 0.29) is 0 Å². The van der Waals surface area contributed by atoms with Gasteiger partial charge in [-0.1, -0.05) is 47.6 Å². The minimum absolute atomic E-state index is 0.434. The first-order valence-corrected chi connectivity index (χ1v) is 6.84. The molecule has 0 amide bonds. The van der Waals surface area contributed by atoms with Gasteiger partial charge in [-0.2, -0.15) is 0 Å². The Labute approximate surface area is 103 Å². The molecule has 1 unspecified atom stereocenters. The number of rotatable bonds is 5. The molecule has 1 atom stereocenters. The van der Waals surface area contributed by atoms with Gasteiger partial charge in [0.25, 0.3) is 0 Å². The van der Waals surface area contributed by atoms with Gasteiger partial charge in [0.05, 0.1) is 0 Å². The first-order chi connectivity index (χ1) is 7.20. The maximum Gasteiger partial charge on any atom is -0.0144 e. The third-order valence-electron chi connectivity index (χ3n) is 5.01. The Morgan fingerprint density at radius 1 is 1.31 bits per heavy atom. The van der Waals surface area contributed by atoms with Gasteiger partial charge in [0.15, 0.2) is 0 Å². The maximum absolute atomic E-state index is 3.96. The standard InChI is InChI=1S/C16H30/c1-8-16(7)10-14(11-16)15(5,6)9-13(4)12(2)3/h8,12-14H,1,9-11H2,2-7H3. The highest BCUT2D eigenvalue weighted by atomic mass is 14.5. The van der Waals surface area contributed by atoms with Crippen molar-refractivity contribution in [2.75, 3.05) is 0 Å². The van der Waals surface area contributed by atoms with Crippen LogP contribution in [0.2, 0.25) is 0 Å². The third-order valence-corrected chi connectivity index (χ3v) is 5.01. The molecule has 0 aromatic rings. The minimum atomic E-state index is 0.434. The van der Waals surface area contributed by atoms with Gasteiger partial charge in [-0.3, -0.25) is 0 Å². The molecule has 1 saturated carbocycles. The van der Waals surface area contributed by atoms with Crippen LogP contribution in [0.5, 0.6) is 0 Å². The second-order valence-electron chi connectivity index (χ2n) is 7.38. The fourth-order valence-electron chi connectivity index (χ4n) is 3.02. The van der Waals surface area contributed by atoms with Crippen molar-refractivity contribution in [1.82, 2.24) is 0 Å². The monoisotopic (exact) mass is 222 g/mol. The molecule has 0 spiro atoms. The molecule has 94 valence electrons. The molecule has 0 nitrogen and oxygen atoms in total. The van der Waals surface area contributed by atoms with Crippen molar-refractivity contribution in [1.29, 1.82) is 0 Å². The molecule has 16 heavy (non-hydrogen) atoms. The van der Waals surface area contributed by atoms with E-state index in [0.29, 0.717) is 10.8 Å². The maximum atomic E-state index is 3.96. The predicted molar refractivity (Wildman–Crippen MR) is 73.4 cm³/mol. The van der Waals surface area contributed by atoms with Crippen LogP contribution in [0.4, 0.5) is 0 Å². The molecule has 0 aromatic carbocycles. The second-order valence-corrected chi connectivity index (χ2v) is 7.38. The highest BCUT2D eigenvalue weighted by Gasteiger charge is 2.45. The summed E-state index contributed by atoms with van der Waals surface area (Å²) in [6.45, 7) is 18.3.